The van der Waals surface area contributed by atoms with Crippen LogP contribution in [0.2, 0.25) is 0 Å². The number of likely N-dealkylation sites (tertiary alicyclic amines) is 1. The molecule has 1 aromatic rings. The molecule has 0 amide bonds. The molecule has 1 unspecified atom stereocenters. The van der Waals surface area contributed by atoms with Crippen LogP contribution in [0.3, 0.4) is 0 Å². The van der Waals surface area contributed by atoms with E-state index >= 15 is 0 Å². The van der Waals surface area contributed by atoms with E-state index in [9.17, 15) is 4.79 Å². The number of pyridine rings is 1. The van der Waals surface area contributed by atoms with E-state index in [1.54, 1.807) is 16.7 Å². The lowest BCUT2D eigenvalue weighted by Gasteiger charge is -2.33. The van der Waals surface area contributed by atoms with Gasteiger partial charge in [0.25, 0.3) is 0 Å². The first-order valence-corrected chi connectivity index (χ1v) is 10.0. The van der Waals surface area contributed by atoms with Crippen LogP contribution in [0.4, 0.5) is 0 Å². The van der Waals surface area contributed by atoms with Gasteiger partial charge in [-0.3, -0.25) is 9.79 Å². The predicted molar refractivity (Wildman–Crippen MR) is 124 cm³/mol. The third-order valence-corrected chi connectivity index (χ3v) is 5.10. The zero-order valence-corrected chi connectivity index (χ0v) is 19.2. The van der Waals surface area contributed by atoms with Crippen LogP contribution in [0.15, 0.2) is 34.2 Å². The van der Waals surface area contributed by atoms with Crippen molar-refractivity contribution in [3.63, 3.8) is 0 Å². The molecule has 0 saturated carbocycles. The molecule has 1 fully saturated rings. The normalized spacial score (nSPS) is 18.0. The molecule has 154 valence electrons. The second-order valence-corrected chi connectivity index (χ2v) is 7.10. The highest BCUT2D eigenvalue weighted by Gasteiger charge is 2.16. The van der Waals surface area contributed by atoms with Gasteiger partial charge in [0, 0.05) is 51.5 Å². The molecule has 2 rings (SSSR count). The van der Waals surface area contributed by atoms with Crippen molar-refractivity contribution < 1.29 is 0 Å². The summed E-state index contributed by atoms with van der Waals surface area (Å²) in [5.74, 6) is 0.869. The largest absolute Gasteiger partial charge is 0.356 e. The number of aliphatic imine (C=N–C) groups is 1. The van der Waals surface area contributed by atoms with Crippen molar-refractivity contribution >= 4 is 29.9 Å². The van der Waals surface area contributed by atoms with Crippen LogP contribution in [0.5, 0.6) is 0 Å². The van der Waals surface area contributed by atoms with Crippen molar-refractivity contribution in [2.75, 3.05) is 33.2 Å². The second-order valence-electron chi connectivity index (χ2n) is 7.10. The van der Waals surface area contributed by atoms with E-state index in [2.05, 4.69) is 27.4 Å². The fourth-order valence-corrected chi connectivity index (χ4v) is 3.46. The van der Waals surface area contributed by atoms with E-state index in [-0.39, 0.29) is 29.5 Å². The van der Waals surface area contributed by atoms with E-state index in [1.807, 2.05) is 19.3 Å². The molecule has 0 radical (unpaired) electrons. The summed E-state index contributed by atoms with van der Waals surface area (Å²) in [7, 11) is 1.81. The average Bonchev–Trinajstić information content (AvgIpc) is 2.66. The lowest BCUT2D eigenvalue weighted by Crippen LogP contribution is -2.41. The zero-order valence-electron chi connectivity index (χ0n) is 16.8. The third kappa shape index (κ3) is 9.10. The van der Waals surface area contributed by atoms with E-state index in [4.69, 9.17) is 0 Å². The van der Waals surface area contributed by atoms with Crippen LogP contribution in [-0.2, 0) is 6.54 Å². The number of aromatic nitrogens is 1. The van der Waals surface area contributed by atoms with Gasteiger partial charge < -0.3 is 20.1 Å². The lowest BCUT2D eigenvalue weighted by molar-refractivity contribution is 0.159. The topological polar surface area (TPSA) is 61.7 Å². The minimum absolute atomic E-state index is 0. The number of hydrogen-bond acceptors (Lipinski definition) is 3. The molecule has 0 aliphatic carbocycles. The maximum atomic E-state index is 11.6. The molecule has 1 saturated heterocycles. The Labute approximate surface area is 180 Å². The molecule has 7 heteroatoms. The number of hydrogen-bond donors (Lipinski definition) is 2. The monoisotopic (exact) mass is 489 g/mol. The number of piperidine rings is 1. The second kappa shape index (κ2) is 14.0. The number of guanidine groups is 1. The maximum Gasteiger partial charge on any atom is 0.250 e. The van der Waals surface area contributed by atoms with Crippen LogP contribution in [-0.4, -0.2) is 54.7 Å². The predicted octanol–water partition coefficient (Wildman–Crippen LogP) is 2.68. The van der Waals surface area contributed by atoms with E-state index < -0.39 is 0 Å². The van der Waals surface area contributed by atoms with Gasteiger partial charge in [0.1, 0.15) is 0 Å². The molecule has 0 bridgehead atoms. The molecular formula is C20H36IN5O. The smallest absolute Gasteiger partial charge is 0.250 e. The van der Waals surface area contributed by atoms with Gasteiger partial charge in [-0.1, -0.05) is 12.5 Å². The Bertz CT molecular complexity index is 604. The summed E-state index contributed by atoms with van der Waals surface area (Å²) in [5, 5.41) is 6.75. The number of aryl methyl sites for hydroxylation is 1. The minimum atomic E-state index is 0. The first-order chi connectivity index (χ1) is 12.7. The highest BCUT2D eigenvalue weighted by atomic mass is 127. The number of nitrogens with one attached hydrogen (secondary N) is 2. The van der Waals surface area contributed by atoms with Crippen LogP contribution in [0.25, 0.3) is 0 Å². The Hall–Kier alpha value is -1.09. The van der Waals surface area contributed by atoms with Gasteiger partial charge in [-0.15, -0.1) is 24.0 Å². The lowest BCUT2D eigenvalue weighted by atomic mass is 10.0. The van der Waals surface area contributed by atoms with Crippen molar-refractivity contribution in [2.24, 2.45) is 4.99 Å². The Morgan fingerprint density at radius 3 is 2.63 bits per heavy atom. The van der Waals surface area contributed by atoms with Crippen molar-refractivity contribution in [2.45, 2.75) is 58.0 Å². The number of rotatable bonds is 9. The Balaban J connectivity index is 0.00000364. The summed E-state index contributed by atoms with van der Waals surface area (Å²) in [4.78, 5) is 18.5. The van der Waals surface area contributed by atoms with Gasteiger partial charge >= 0.3 is 0 Å². The van der Waals surface area contributed by atoms with Crippen molar-refractivity contribution in [3.05, 3.63) is 34.7 Å². The zero-order chi connectivity index (χ0) is 18.6. The molecule has 27 heavy (non-hydrogen) atoms. The molecular weight excluding hydrogens is 453 g/mol. The maximum absolute atomic E-state index is 11.6. The molecule has 1 aromatic heterocycles. The average molecular weight is 489 g/mol. The summed E-state index contributed by atoms with van der Waals surface area (Å²) in [6.07, 6.45) is 9.03. The first kappa shape index (κ1) is 23.9. The summed E-state index contributed by atoms with van der Waals surface area (Å²) in [6, 6.07) is 6.02. The first-order valence-electron chi connectivity index (χ1n) is 10.0. The fraction of sp³-hybridized carbons (Fsp3) is 0.700. The van der Waals surface area contributed by atoms with Crippen molar-refractivity contribution in [1.29, 1.82) is 0 Å². The van der Waals surface area contributed by atoms with Crippen LogP contribution in [0.1, 0.15) is 45.4 Å². The van der Waals surface area contributed by atoms with Gasteiger partial charge in [-0.25, -0.2) is 0 Å². The van der Waals surface area contributed by atoms with E-state index in [0.29, 0.717) is 0 Å². The molecule has 0 aromatic carbocycles. The van der Waals surface area contributed by atoms with Crippen molar-refractivity contribution in [1.82, 2.24) is 20.1 Å². The van der Waals surface area contributed by atoms with Gasteiger partial charge in [0.2, 0.25) is 5.56 Å². The van der Waals surface area contributed by atoms with Crippen LogP contribution < -0.4 is 16.2 Å². The summed E-state index contributed by atoms with van der Waals surface area (Å²) in [5.41, 5.74) is 0.0703. The summed E-state index contributed by atoms with van der Waals surface area (Å²) in [6.45, 7) is 7.33. The Morgan fingerprint density at radius 1 is 1.15 bits per heavy atom. The van der Waals surface area contributed by atoms with Crippen LogP contribution >= 0.6 is 24.0 Å². The Kier molecular flexibility index (Phi) is 12.4. The highest BCUT2D eigenvalue weighted by Crippen LogP contribution is 2.15. The molecule has 1 atom stereocenters. The van der Waals surface area contributed by atoms with Gasteiger partial charge in [-0.05, 0) is 51.6 Å². The van der Waals surface area contributed by atoms with Crippen molar-refractivity contribution in [3.8, 4) is 0 Å². The Morgan fingerprint density at radius 2 is 1.93 bits per heavy atom. The van der Waals surface area contributed by atoms with E-state index in [0.717, 1.165) is 57.4 Å². The minimum Gasteiger partial charge on any atom is -0.356 e. The number of halogens is 1. The SMILES string of the molecule is CN=C(NCCCCn1ccccc1=O)NCCCN1CCCCC1C.I. The van der Waals surface area contributed by atoms with Crippen LogP contribution in [0, 0.1) is 0 Å². The van der Waals surface area contributed by atoms with Gasteiger partial charge in [0.05, 0.1) is 0 Å². The standard InChI is InChI=1S/C20H35N5O.HI/c1-18-10-3-6-14-24(18)17-9-13-23-20(21-2)22-12-5-8-16-25-15-7-4-11-19(25)26;/h4,7,11,15,18H,3,5-6,8-10,12-14,16-17H2,1-2H3,(H2,21,22,23);1H. The molecule has 1 aliphatic rings. The molecule has 2 heterocycles. The molecule has 0 spiro atoms. The van der Waals surface area contributed by atoms with E-state index in [1.165, 1.54) is 25.8 Å². The van der Waals surface area contributed by atoms with Gasteiger partial charge in [-0.2, -0.15) is 0 Å². The molecule has 1 aliphatic heterocycles. The third-order valence-electron chi connectivity index (χ3n) is 5.10. The van der Waals surface area contributed by atoms with Gasteiger partial charge in [0.15, 0.2) is 5.96 Å². The number of unbranched alkanes of at least 4 members (excludes halogenated alkanes) is 1. The summed E-state index contributed by atoms with van der Waals surface area (Å²) >= 11 is 0. The quantitative estimate of drug-likeness (QED) is 0.243. The fourth-order valence-electron chi connectivity index (χ4n) is 3.46. The molecule has 6 nitrogen and oxygen atoms in total. The summed E-state index contributed by atoms with van der Waals surface area (Å²) < 4.78 is 1.76. The number of nitrogens with zero attached hydrogens (tertiary/aromatic N) is 3. The highest BCUT2D eigenvalue weighted by molar-refractivity contribution is 14.0. The molecule has 2 N–H and O–H groups in total.